The predicted molar refractivity (Wildman–Crippen MR) is 54.5 cm³/mol. The van der Waals surface area contributed by atoms with E-state index >= 15 is 0 Å². The predicted octanol–water partition coefficient (Wildman–Crippen LogP) is -0.184. The first kappa shape index (κ1) is 9.93. The quantitative estimate of drug-likeness (QED) is 0.612. The van der Waals surface area contributed by atoms with E-state index in [1.807, 2.05) is 0 Å². The number of carbonyl (C=O) groups excluding carboxylic acids is 1. The maximum atomic E-state index is 11.3. The highest BCUT2D eigenvalue weighted by Gasteiger charge is 2.45. The number of rotatable bonds is 1. The molecule has 2 bridgehead atoms. The maximum Gasteiger partial charge on any atom is 0.237 e. The number of primary amides is 1. The normalized spacial score (nSPS) is 43.6. The Labute approximate surface area is 84.6 Å². The minimum atomic E-state index is -0.748. The lowest BCUT2D eigenvalue weighted by Gasteiger charge is -2.50. The molecule has 2 rings (SSSR count). The van der Waals surface area contributed by atoms with Gasteiger partial charge in [0.2, 0.25) is 5.91 Å². The van der Waals surface area contributed by atoms with Gasteiger partial charge in [0.25, 0.3) is 0 Å². The number of nitrogens with two attached hydrogens (primary N) is 2. The van der Waals surface area contributed by atoms with Crippen LogP contribution in [0.15, 0.2) is 0 Å². The SMILES string of the molecule is CN1C2CCCC1CC(N)(C(N)=O)C2. The van der Waals surface area contributed by atoms with Crippen molar-refractivity contribution in [2.24, 2.45) is 11.5 Å². The fourth-order valence-corrected chi connectivity index (χ4v) is 2.91. The molecule has 4 N–H and O–H groups in total. The van der Waals surface area contributed by atoms with E-state index in [2.05, 4.69) is 11.9 Å². The third-order valence-electron chi connectivity index (χ3n) is 3.92. The lowest BCUT2D eigenvalue weighted by molar-refractivity contribution is -0.127. The summed E-state index contributed by atoms with van der Waals surface area (Å²) in [5.41, 5.74) is 10.7. The summed E-state index contributed by atoms with van der Waals surface area (Å²) in [4.78, 5) is 13.7. The number of hydrogen-bond donors (Lipinski definition) is 2. The second-order valence-corrected chi connectivity index (χ2v) is 4.83. The summed E-state index contributed by atoms with van der Waals surface area (Å²) >= 11 is 0. The smallest absolute Gasteiger partial charge is 0.237 e. The standard InChI is InChI=1S/C10H19N3O/c1-13-7-3-2-4-8(13)6-10(12,5-7)9(11)14/h7-8H,2-6,12H2,1H3,(H2,11,14). The Kier molecular flexibility index (Phi) is 2.27. The number of hydrogen-bond acceptors (Lipinski definition) is 3. The number of nitrogens with zero attached hydrogens (tertiary/aromatic N) is 1. The number of piperidine rings is 2. The lowest BCUT2D eigenvalue weighted by Crippen LogP contribution is -2.64. The van der Waals surface area contributed by atoms with E-state index in [0.29, 0.717) is 12.1 Å². The van der Waals surface area contributed by atoms with Gasteiger partial charge in [-0.25, -0.2) is 0 Å². The van der Waals surface area contributed by atoms with Crippen LogP contribution in [-0.4, -0.2) is 35.5 Å². The Morgan fingerprint density at radius 1 is 1.36 bits per heavy atom. The molecule has 4 heteroatoms. The molecule has 2 aliphatic rings. The van der Waals surface area contributed by atoms with Gasteiger partial charge in [-0.05, 0) is 32.7 Å². The van der Waals surface area contributed by atoms with Crippen molar-refractivity contribution in [2.45, 2.75) is 49.7 Å². The fraction of sp³-hybridized carbons (Fsp3) is 0.900. The number of fused-ring (bicyclic) bond motifs is 2. The second kappa shape index (κ2) is 3.21. The van der Waals surface area contributed by atoms with Gasteiger partial charge in [-0.1, -0.05) is 6.42 Å². The molecule has 80 valence electrons. The van der Waals surface area contributed by atoms with Gasteiger partial charge in [0, 0.05) is 12.1 Å². The van der Waals surface area contributed by atoms with Crippen LogP contribution in [-0.2, 0) is 4.79 Å². The molecule has 2 saturated heterocycles. The Morgan fingerprint density at radius 2 is 1.86 bits per heavy atom. The second-order valence-electron chi connectivity index (χ2n) is 4.83. The van der Waals surface area contributed by atoms with Crippen LogP contribution in [0.2, 0.25) is 0 Å². The van der Waals surface area contributed by atoms with Crippen molar-refractivity contribution in [2.75, 3.05) is 7.05 Å². The van der Waals surface area contributed by atoms with Crippen LogP contribution in [0.1, 0.15) is 32.1 Å². The van der Waals surface area contributed by atoms with Crippen molar-refractivity contribution in [1.82, 2.24) is 4.90 Å². The van der Waals surface area contributed by atoms with E-state index in [1.165, 1.54) is 6.42 Å². The fourth-order valence-electron chi connectivity index (χ4n) is 2.91. The third-order valence-corrected chi connectivity index (χ3v) is 3.92. The summed E-state index contributed by atoms with van der Waals surface area (Å²) in [5.74, 6) is -0.331. The average Bonchev–Trinajstić information content (AvgIpc) is 2.07. The Hall–Kier alpha value is -0.610. The summed E-state index contributed by atoms with van der Waals surface area (Å²) in [5, 5.41) is 0. The molecule has 0 aromatic rings. The van der Waals surface area contributed by atoms with Crippen molar-refractivity contribution in [3.8, 4) is 0 Å². The van der Waals surface area contributed by atoms with Crippen LogP contribution in [0.3, 0.4) is 0 Å². The van der Waals surface area contributed by atoms with Gasteiger partial charge in [0.05, 0.1) is 5.54 Å². The maximum absolute atomic E-state index is 11.3. The summed E-state index contributed by atoms with van der Waals surface area (Å²) in [6, 6.07) is 0.917. The molecule has 1 amide bonds. The molecule has 0 aromatic carbocycles. The highest BCUT2D eigenvalue weighted by Crippen LogP contribution is 2.36. The van der Waals surface area contributed by atoms with E-state index in [0.717, 1.165) is 25.7 Å². The minimum Gasteiger partial charge on any atom is -0.368 e. The van der Waals surface area contributed by atoms with Crippen LogP contribution in [0, 0.1) is 0 Å². The van der Waals surface area contributed by atoms with Crippen LogP contribution >= 0.6 is 0 Å². The third kappa shape index (κ3) is 1.42. The first-order chi connectivity index (χ1) is 6.53. The molecule has 0 saturated carbocycles. The monoisotopic (exact) mass is 197 g/mol. The molecule has 0 radical (unpaired) electrons. The first-order valence-electron chi connectivity index (χ1n) is 5.34. The van der Waals surface area contributed by atoms with E-state index < -0.39 is 5.54 Å². The van der Waals surface area contributed by atoms with Gasteiger partial charge in [0.15, 0.2) is 0 Å². The zero-order valence-electron chi connectivity index (χ0n) is 8.70. The highest BCUT2D eigenvalue weighted by molar-refractivity contribution is 5.84. The van der Waals surface area contributed by atoms with Crippen molar-refractivity contribution >= 4 is 5.91 Å². The van der Waals surface area contributed by atoms with Gasteiger partial charge in [0.1, 0.15) is 0 Å². The summed E-state index contributed by atoms with van der Waals surface area (Å²) in [6.45, 7) is 0. The molecule has 0 spiro atoms. The highest BCUT2D eigenvalue weighted by atomic mass is 16.1. The van der Waals surface area contributed by atoms with Crippen LogP contribution in [0.25, 0.3) is 0 Å². The summed E-state index contributed by atoms with van der Waals surface area (Å²) in [7, 11) is 2.13. The van der Waals surface area contributed by atoms with E-state index in [4.69, 9.17) is 11.5 Å². The van der Waals surface area contributed by atoms with Gasteiger partial charge >= 0.3 is 0 Å². The van der Waals surface area contributed by atoms with E-state index in [1.54, 1.807) is 0 Å². The zero-order chi connectivity index (χ0) is 10.3. The Morgan fingerprint density at radius 3 is 2.29 bits per heavy atom. The van der Waals surface area contributed by atoms with Crippen molar-refractivity contribution in [1.29, 1.82) is 0 Å². The van der Waals surface area contributed by atoms with Gasteiger partial charge < -0.3 is 16.4 Å². The van der Waals surface area contributed by atoms with Crippen molar-refractivity contribution in [3.05, 3.63) is 0 Å². The van der Waals surface area contributed by atoms with E-state index in [9.17, 15) is 4.79 Å². The van der Waals surface area contributed by atoms with E-state index in [-0.39, 0.29) is 5.91 Å². The Bertz CT molecular complexity index is 240. The number of carbonyl (C=O) groups is 1. The molecule has 2 heterocycles. The molecular formula is C10H19N3O. The minimum absolute atomic E-state index is 0.331. The first-order valence-corrected chi connectivity index (χ1v) is 5.34. The average molecular weight is 197 g/mol. The topological polar surface area (TPSA) is 72.3 Å². The zero-order valence-corrected chi connectivity index (χ0v) is 8.70. The van der Waals surface area contributed by atoms with Crippen LogP contribution in [0.5, 0.6) is 0 Å². The molecule has 14 heavy (non-hydrogen) atoms. The van der Waals surface area contributed by atoms with Gasteiger partial charge in [-0.15, -0.1) is 0 Å². The van der Waals surface area contributed by atoms with Crippen LogP contribution in [0.4, 0.5) is 0 Å². The summed E-state index contributed by atoms with van der Waals surface area (Å²) < 4.78 is 0. The van der Waals surface area contributed by atoms with Gasteiger partial charge in [-0.2, -0.15) is 0 Å². The van der Waals surface area contributed by atoms with Crippen LogP contribution < -0.4 is 11.5 Å². The van der Waals surface area contributed by atoms with Crippen molar-refractivity contribution in [3.63, 3.8) is 0 Å². The summed E-state index contributed by atoms with van der Waals surface area (Å²) in [6.07, 6.45) is 5.03. The molecule has 0 aromatic heterocycles. The molecule has 2 aliphatic heterocycles. The molecular weight excluding hydrogens is 178 g/mol. The van der Waals surface area contributed by atoms with Crippen molar-refractivity contribution < 1.29 is 4.79 Å². The number of amides is 1. The van der Waals surface area contributed by atoms with Gasteiger partial charge in [-0.3, -0.25) is 4.79 Å². The largest absolute Gasteiger partial charge is 0.368 e. The molecule has 2 fully saturated rings. The Balaban J connectivity index is 2.18. The molecule has 2 atom stereocenters. The molecule has 4 nitrogen and oxygen atoms in total. The molecule has 2 unspecified atom stereocenters. The lowest BCUT2D eigenvalue weighted by atomic mass is 9.74. The molecule has 0 aliphatic carbocycles.